The number of hydrogen-bond acceptors (Lipinski definition) is 3. The van der Waals surface area contributed by atoms with Gasteiger partial charge in [0.25, 0.3) is 0 Å². The molecule has 0 aromatic rings. The van der Waals surface area contributed by atoms with E-state index in [9.17, 15) is 9.90 Å². The van der Waals surface area contributed by atoms with E-state index in [-0.39, 0.29) is 12.1 Å². The quantitative estimate of drug-likeness (QED) is 0.811. The minimum absolute atomic E-state index is 0.0800. The molecule has 0 unspecified atom stereocenters. The normalized spacial score (nSPS) is 23.4. The van der Waals surface area contributed by atoms with Crippen LogP contribution in [0.25, 0.3) is 0 Å². The molecule has 17 heavy (non-hydrogen) atoms. The molecule has 0 aromatic heterocycles. The van der Waals surface area contributed by atoms with Crippen molar-refractivity contribution in [3.8, 4) is 0 Å². The summed E-state index contributed by atoms with van der Waals surface area (Å²) in [5, 5.41) is 9.95. The van der Waals surface area contributed by atoms with Crippen molar-refractivity contribution in [3.05, 3.63) is 0 Å². The summed E-state index contributed by atoms with van der Waals surface area (Å²) in [7, 11) is 0. The van der Waals surface area contributed by atoms with E-state index >= 15 is 0 Å². The van der Waals surface area contributed by atoms with Crippen LogP contribution in [0, 0.1) is 0 Å². The number of piperidine rings is 1. The Kier molecular flexibility index (Phi) is 4.80. The maximum absolute atomic E-state index is 12.0. The molecule has 0 aliphatic carbocycles. The summed E-state index contributed by atoms with van der Waals surface area (Å²) in [4.78, 5) is 13.7. The van der Waals surface area contributed by atoms with Gasteiger partial charge in [-0.1, -0.05) is 6.92 Å². The number of nitrogens with zero attached hydrogens (tertiary/aromatic N) is 1. The Labute approximate surface area is 104 Å². The zero-order valence-corrected chi connectivity index (χ0v) is 11.4. The molecule has 1 aliphatic heterocycles. The van der Waals surface area contributed by atoms with Crippen molar-refractivity contribution < 1.29 is 14.6 Å². The molecule has 1 saturated heterocycles. The van der Waals surface area contributed by atoms with Crippen LogP contribution in [-0.2, 0) is 4.74 Å². The number of carbonyl (C=O) groups excluding carboxylic acids is 1. The van der Waals surface area contributed by atoms with Crippen LogP contribution in [0.1, 0.15) is 53.4 Å². The molecule has 4 nitrogen and oxygen atoms in total. The van der Waals surface area contributed by atoms with E-state index in [4.69, 9.17) is 4.74 Å². The van der Waals surface area contributed by atoms with Crippen LogP contribution in [0.4, 0.5) is 4.79 Å². The second kappa shape index (κ2) is 5.71. The lowest BCUT2D eigenvalue weighted by molar-refractivity contribution is -0.0169. The van der Waals surface area contributed by atoms with E-state index < -0.39 is 11.7 Å². The van der Waals surface area contributed by atoms with Gasteiger partial charge in [0.15, 0.2) is 0 Å². The maximum atomic E-state index is 12.0. The van der Waals surface area contributed by atoms with Gasteiger partial charge in [-0.3, -0.25) is 0 Å². The highest BCUT2D eigenvalue weighted by Crippen LogP contribution is 2.23. The zero-order valence-electron chi connectivity index (χ0n) is 11.4. The van der Waals surface area contributed by atoms with Gasteiger partial charge in [-0.15, -0.1) is 0 Å². The fourth-order valence-electron chi connectivity index (χ4n) is 2.18. The van der Waals surface area contributed by atoms with Crippen LogP contribution >= 0.6 is 0 Å². The third-order valence-corrected chi connectivity index (χ3v) is 3.04. The molecule has 0 saturated carbocycles. The van der Waals surface area contributed by atoms with Gasteiger partial charge in [0, 0.05) is 6.54 Å². The third kappa shape index (κ3) is 4.19. The monoisotopic (exact) mass is 243 g/mol. The number of carbonyl (C=O) groups is 1. The summed E-state index contributed by atoms with van der Waals surface area (Å²) in [5.41, 5.74) is -0.476. The molecule has 100 valence electrons. The Balaban J connectivity index is 2.67. The fourth-order valence-corrected chi connectivity index (χ4v) is 2.18. The van der Waals surface area contributed by atoms with Crippen molar-refractivity contribution in [1.82, 2.24) is 4.90 Å². The lowest BCUT2D eigenvalue weighted by Gasteiger charge is -2.38. The molecule has 0 radical (unpaired) electrons. The number of likely N-dealkylation sites (tertiary alicyclic amines) is 1. The highest BCUT2D eigenvalue weighted by Gasteiger charge is 2.33. The van der Waals surface area contributed by atoms with E-state index in [1.54, 1.807) is 4.90 Å². The van der Waals surface area contributed by atoms with Gasteiger partial charge >= 0.3 is 6.09 Å². The van der Waals surface area contributed by atoms with E-state index in [2.05, 4.69) is 0 Å². The van der Waals surface area contributed by atoms with Crippen molar-refractivity contribution in [1.29, 1.82) is 0 Å². The lowest BCUT2D eigenvalue weighted by Crippen LogP contribution is -2.51. The Bertz CT molecular complexity index is 260. The summed E-state index contributed by atoms with van der Waals surface area (Å²) in [5.74, 6) is 0. The van der Waals surface area contributed by atoms with Gasteiger partial charge in [0.05, 0.1) is 12.1 Å². The molecule has 1 heterocycles. The topological polar surface area (TPSA) is 49.8 Å². The number of amides is 1. The first-order valence-corrected chi connectivity index (χ1v) is 6.53. The largest absolute Gasteiger partial charge is 0.444 e. The summed E-state index contributed by atoms with van der Waals surface area (Å²) in [6, 6.07) is -0.0800. The maximum Gasteiger partial charge on any atom is 0.410 e. The van der Waals surface area contributed by atoms with E-state index in [1.807, 2.05) is 27.7 Å². The minimum Gasteiger partial charge on any atom is -0.444 e. The Hall–Kier alpha value is -0.770. The Morgan fingerprint density at radius 1 is 1.47 bits per heavy atom. The van der Waals surface area contributed by atoms with Gasteiger partial charge in [0.1, 0.15) is 5.60 Å². The molecule has 1 rings (SSSR count). The molecule has 0 spiro atoms. The highest BCUT2D eigenvalue weighted by atomic mass is 16.6. The van der Waals surface area contributed by atoms with E-state index in [0.29, 0.717) is 13.0 Å². The van der Waals surface area contributed by atoms with Crippen molar-refractivity contribution in [3.63, 3.8) is 0 Å². The summed E-state index contributed by atoms with van der Waals surface area (Å²) < 4.78 is 5.38. The SMILES string of the molecule is CC[C@H](O)[C@@H]1CCCCN1C(=O)OC(C)(C)C. The van der Waals surface area contributed by atoms with Crippen LogP contribution in [0.5, 0.6) is 0 Å². The molecular formula is C13H25NO3. The van der Waals surface area contributed by atoms with Crippen LogP contribution in [0.15, 0.2) is 0 Å². The average molecular weight is 243 g/mol. The Morgan fingerprint density at radius 2 is 2.12 bits per heavy atom. The number of aliphatic hydroxyl groups is 1. The van der Waals surface area contributed by atoms with Crippen LogP contribution < -0.4 is 0 Å². The summed E-state index contributed by atoms with van der Waals surface area (Å²) >= 11 is 0. The Morgan fingerprint density at radius 3 is 2.65 bits per heavy atom. The van der Waals surface area contributed by atoms with Crippen molar-refractivity contribution in [2.45, 2.75) is 71.1 Å². The van der Waals surface area contributed by atoms with E-state index in [1.165, 1.54) is 0 Å². The fraction of sp³-hybridized carbons (Fsp3) is 0.923. The van der Waals surface area contributed by atoms with Crippen LogP contribution in [0.2, 0.25) is 0 Å². The summed E-state index contributed by atoms with van der Waals surface area (Å²) in [6.07, 6.45) is 2.86. The first-order chi connectivity index (χ1) is 7.85. The average Bonchev–Trinajstić information content (AvgIpc) is 2.25. The van der Waals surface area contributed by atoms with Crippen molar-refractivity contribution in [2.24, 2.45) is 0 Å². The van der Waals surface area contributed by atoms with Gasteiger partial charge < -0.3 is 14.7 Å². The molecule has 0 bridgehead atoms. The highest BCUT2D eigenvalue weighted by molar-refractivity contribution is 5.68. The standard InChI is InChI=1S/C13H25NO3/c1-5-11(15)10-8-6-7-9-14(10)12(16)17-13(2,3)4/h10-11,15H,5-9H2,1-4H3/t10-,11-/m0/s1. The van der Waals surface area contributed by atoms with Gasteiger partial charge in [0.2, 0.25) is 0 Å². The van der Waals surface area contributed by atoms with Crippen molar-refractivity contribution in [2.75, 3.05) is 6.54 Å². The molecule has 4 heteroatoms. The predicted octanol–water partition coefficient (Wildman–Crippen LogP) is 2.55. The number of hydrogen-bond donors (Lipinski definition) is 1. The molecule has 1 fully saturated rings. The van der Waals surface area contributed by atoms with Gasteiger partial charge in [-0.2, -0.15) is 0 Å². The first kappa shape index (κ1) is 14.3. The van der Waals surface area contributed by atoms with Crippen molar-refractivity contribution >= 4 is 6.09 Å². The van der Waals surface area contributed by atoms with Gasteiger partial charge in [-0.25, -0.2) is 4.79 Å². The predicted molar refractivity (Wildman–Crippen MR) is 66.9 cm³/mol. The molecule has 1 N–H and O–H groups in total. The molecule has 1 amide bonds. The third-order valence-electron chi connectivity index (χ3n) is 3.04. The second-order valence-electron chi connectivity index (χ2n) is 5.71. The molecule has 2 atom stereocenters. The molecule has 1 aliphatic rings. The van der Waals surface area contributed by atoms with Gasteiger partial charge in [-0.05, 0) is 46.5 Å². The van der Waals surface area contributed by atoms with Crippen LogP contribution in [0.3, 0.4) is 0 Å². The smallest absolute Gasteiger partial charge is 0.410 e. The zero-order chi connectivity index (χ0) is 13.1. The second-order valence-corrected chi connectivity index (χ2v) is 5.71. The summed E-state index contributed by atoms with van der Waals surface area (Å²) in [6.45, 7) is 8.21. The van der Waals surface area contributed by atoms with Crippen LogP contribution in [-0.4, -0.2) is 40.4 Å². The number of aliphatic hydroxyl groups excluding tert-OH is 1. The number of rotatable bonds is 2. The number of ether oxygens (including phenoxy) is 1. The molecule has 0 aromatic carbocycles. The minimum atomic E-state index is -0.476. The lowest BCUT2D eigenvalue weighted by atomic mass is 9.96. The van der Waals surface area contributed by atoms with E-state index in [0.717, 1.165) is 19.3 Å². The first-order valence-electron chi connectivity index (χ1n) is 6.53. The molecular weight excluding hydrogens is 218 g/mol.